The summed E-state index contributed by atoms with van der Waals surface area (Å²) < 4.78 is 5.20. The van der Waals surface area contributed by atoms with E-state index in [0.29, 0.717) is 24.7 Å². The Morgan fingerprint density at radius 1 is 0.926 bits per heavy atom. The van der Waals surface area contributed by atoms with Crippen LogP contribution in [0.1, 0.15) is 17.0 Å². The lowest BCUT2D eigenvalue weighted by molar-refractivity contribution is 0.389. The molecule has 6 heteroatoms. The van der Waals surface area contributed by atoms with Crippen molar-refractivity contribution >= 4 is 17.3 Å². The zero-order valence-electron chi connectivity index (χ0n) is 15.2. The van der Waals surface area contributed by atoms with Gasteiger partial charge < -0.3 is 15.0 Å². The standard InChI is InChI=1S/C21H22N4OS/c1-26-20-10-8-17(9-11-20)14-24-21(27)25(15-18-6-2-4-12-22-18)16-19-7-3-5-13-23-19/h2-13H,14-16H2,1H3,(H,24,27). The van der Waals surface area contributed by atoms with Gasteiger partial charge >= 0.3 is 0 Å². The normalized spacial score (nSPS) is 10.3. The SMILES string of the molecule is COc1ccc(CNC(=S)N(Cc2ccccn2)Cc2ccccn2)cc1. The molecule has 0 fully saturated rings. The Morgan fingerprint density at radius 2 is 1.52 bits per heavy atom. The van der Waals surface area contributed by atoms with Crippen LogP contribution >= 0.6 is 12.2 Å². The molecule has 0 radical (unpaired) electrons. The van der Waals surface area contributed by atoms with Gasteiger partial charge in [-0.2, -0.15) is 0 Å². The van der Waals surface area contributed by atoms with Crippen molar-refractivity contribution < 1.29 is 4.74 Å². The van der Waals surface area contributed by atoms with Crippen molar-refractivity contribution in [3.05, 3.63) is 90.0 Å². The second kappa shape index (κ2) is 9.64. The lowest BCUT2D eigenvalue weighted by atomic mass is 10.2. The minimum Gasteiger partial charge on any atom is -0.497 e. The molecular weight excluding hydrogens is 356 g/mol. The van der Waals surface area contributed by atoms with Crippen molar-refractivity contribution in [2.75, 3.05) is 7.11 Å². The van der Waals surface area contributed by atoms with Crippen LogP contribution in [-0.4, -0.2) is 27.1 Å². The summed E-state index contributed by atoms with van der Waals surface area (Å²) >= 11 is 5.66. The summed E-state index contributed by atoms with van der Waals surface area (Å²) in [5, 5.41) is 4.01. The Kier molecular flexibility index (Phi) is 6.71. The van der Waals surface area contributed by atoms with Crippen LogP contribution in [0.4, 0.5) is 0 Å². The van der Waals surface area contributed by atoms with Crippen LogP contribution < -0.4 is 10.1 Å². The molecule has 0 spiro atoms. The number of thiocarbonyl (C=S) groups is 1. The zero-order valence-corrected chi connectivity index (χ0v) is 16.0. The molecule has 0 atom stereocenters. The van der Waals surface area contributed by atoms with Crippen molar-refractivity contribution in [3.8, 4) is 5.75 Å². The van der Waals surface area contributed by atoms with Crippen LogP contribution in [0.5, 0.6) is 5.75 Å². The fraction of sp³-hybridized carbons (Fsp3) is 0.190. The third kappa shape index (κ3) is 5.76. The molecule has 2 aromatic heterocycles. The Morgan fingerprint density at radius 3 is 2.00 bits per heavy atom. The topological polar surface area (TPSA) is 50.3 Å². The van der Waals surface area contributed by atoms with Crippen molar-refractivity contribution in [1.29, 1.82) is 0 Å². The van der Waals surface area contributed by atoms with E-state index in [0.717, 1.165) is 22.7 Å². The van der Waals surface area contributed by atoms with Gasteiger partial charge in [0.2, 0.25) is 0 Å². The molecule has 0 aliphatic heterocycles. The highest BCUT2D eigenvalue weighted by Crippen LogP contribution is 2.12. The summed E-state index contributed by atoms with van der Waals surface area (Å²) in [6.07, 6.45) is 3.59. The largest absolute Gasteiger partial charge is 0.497 e. The van der Waals surface area contributed by atoms with E-state index in [1.807, 2.05) is 60.7 Å². The first-order valence-electron chi connectivity index (χ1n) is 8.70. The number of aromatic nitrogens is 2. The van der Waals surface area contributed by atoms with E-state index in [9.17, 15) is 0 Å². The summed E-state index contributed by atoms with van der Waals surface area (Å²) in [5.41, 5.74) is 3.05. The van der Waals surface area contributed by atoms with E-state index in [4.69, 9.17) is 17.0 Å². The maximum Gasteiger partial charge on any atom is 0.169 e. The van der Waals surface area contributed by atoms with Crippen LogP contribution in [-0.2, 0) is 19.6 Å². The first-order chi connectivity index (χ1) is 13.2. The second-order valence-corrected chi connectivity index (χ2v) is 6.39. The molecule has 1 N–H and O–H groups in total. The molecule has 0 bridgehead atoms. The second-order valence-electron chi connectivity index (χ2n) is 6.00. The van der Waals surface area contributed by atoms with E-state index in [1.54, 1.807) is 19.5 Å². The summed E-state index contributed by atoms with van der Waals surface area (Å²) in [6, 6.07) is 19.7. The summed E-state index contributed by atoms with van der Waals surface area (Å²) in [6.45, 7) is 1.88. The van der Waals surface area contributed by atoms with Crippen LogP contribution in [0.2, 0.25) is 0 Å². The van der Waals surface area contributed by atoms with Crippen molar-refractivity contribution in [1.82, 2.24) is 20.2 Å². The van der Waals surface area contributed by atoms with E-state index in [2.05, 4.69) is 20.2 Å². The zero-order chi connectivity index (χ0) is 18.9. The molecule has 0 saturated heterocycles. The molecule has 3 rings (SSSR count). The predicted octanol–water partition coefficient (Wildman–Crippen LogP) is 3.56. The Labute approximate surface area is 165 Å². The number of rotatable bonds is 7. The number of hydrogen-bond acceptors (Lipinski definition) is 4. The van der Waals surface area contributed by atoms with Gasteiger partial charge in [-0.05, 0) is 54.2 Å². The van der Waals surface area contributed by atoms with Gasteiger partial charge in [0.25, 0.3) is 0 Å². The number of hydrogen-bond donors (Lipinski definition) is 1. The first-order valence-corrected chi connectivity index (χ1v) is 9.11. The van der Waals surface area contributed by atoms with E-state index >= 15 is 0 Å². The molecule has 3 aromatic rings. The van der Waals surface area contributed by atoms with E-state index in [1.165, 1.54) is 0 Å². The summed E-state index contributed by atoms with van der Waals surface area (Å²) in [4.78, 5) is 10.9. The van der Waals surface area contributed by atoms with Gasteiger partial charge in [-0.15, -0.1) is 0 Å². The van der Waals surface area contributed by atoms with Gasteiger partial charge in [0.15, 0.2) is 5.11 Å². The van der Waals surface area contributed by atoms with Gasteiger partial charge in [0.05, 0.1) is 31.6 Å². The van der Waals surface area contributed by atoms with Gasteiger partial charge in [-0.1, -0.05) is 24.3 Å². The Hall–Kier alpha value is -2.99. The lowest BCUT2D eigenvalue weighted by Crippen LogP contribution is -2.38. The number of methoxy groups -OCH3 is 1. The molecule has 0 aliphatic rings. The molecule has 1 aromatic carbocycles. The van der Waals surface area contributed by atoms with Gasteiger partial charge in [0, 0.05) is 18.9 Å². The maximum atomic E-state index is 5.66. The third-order valence-electron chi connectivity index (χ3n) is 4.05. The molecule has 27 heavy (non-hydrogen) atoms. The average Bonchev–Trinajstić information content (AvgIpc) is 2.73. The third-order valence-corrected chi connectivity index (χ3v) is 4.45. The molecule has 0 aliphatic carbocycles. The Bertz CT molecular complexity index is 800. The fourth-order valence-electron chi connectivity index (χ4n) is 2.61. The summed E-state index contributed by atoms with van der Waals surface area (Å²) in [5.74, 6) is 0.841. The van der Waals surface area contributed by atoms with Crippen molar-refractivity contribution in [2.45, 2.75) is 19.6 Å². The quantitative estimate of drug-likeness (QED) is 0.635. The van der Waals surface area contributed by atoms with Crippen LogP contribution in [0.15, 0.2) is 73.1 Å². The smallest absolute Gasteiger partial charge is 0.169 e. The highest BCUT2D eigenvalue weighted by atomic mass is 32.1. The fourth-order valence-corrected chi connectivity index (χ4v) is 2.81. The van der Waals surface area contributed by atoms with Crippen LogP contribution in [0.3, 0.4) is 0 Å². The highest BCUT2D eigenvalue weighted by molar-refractivity contribution is 7.80. The molecular formula is C21H22N4OS. The number of ether oxygens (including phenoxy) is 1. The minimum atomic E-state index is 0.617. The average molecular weight is 379 g/mol. The van der Waals surface area contributed by atoms with Crippen LogP contribution in [0, 0.1) is 0 Å². The maximum absolute atomic E-state index is 5.66. The van der Waals surface area contributed by atoms with E-state index in [-0.39, 0.29) is 0 Å². The molecule has 138 valence electrons. The first kappa shape index (κ1) is 18.8. The molecule has 0 saturated carbocycles. The minimum absolute atomic E-state index is 0.617. The van der Waals surface area contributed by atoms with Gasteiger partial charge in [-0.3, -0.25) is 9.97 Å². The van der Waals surface area contributed by atoms with Gasteiger partial charge in [0.1, 0.15) is 5.75 Å². The summed E-state index contributed by atoms with van der Waals surface area (Å²) in [7, 11) is 1.66. The molecule has 2 heterocycles. The van der Waals surface area contributed by atoms with Crippen LogP contribution in [0.25, 0.3) is 0 Å². The van der Waals surface area contributed by atoms with Crippen molar-refractivity contribution in [2.24, 2.45) is 0 Å². The highest BCUT2D eigenvalue weighted by Gasteiger charge is 2.12. The number of benzene rings is 1. The predicted molar refractivity (Wildman–Crippen MR) is 110 cm³/mol. The number of pyridine rings is 2. The van der Waals surface area contributed by atoms with Crippen molar-refractivity contribution in [3.63, 3.8) is 0 Å². The monoisotopic (exact) mass is 378 g/mol. The number of nitrogens with one attached hydrogen (secondary N) is 1. The lowest BCUT2D eigenvalue weighted by Gasteiger charge is -2.25. The van der Waals surface area contributed by atoms with Gasteiger partial charge in [-0.25, -0.2) is 0 Å². The molecule has 0 amide bonds. The molecule has 5 nitrogen and oxygen atoms in total. The van der Waals surface area contributed by atoms with E-state index < -0.39 is 0 Å². The Balaban J connectivity index is 1.67. The number of nitrogens with zero attached hydrogens (tertiary/aromatic N) is 3. The molecule has 0 unspecified atom stereocenters.